The molecule has 3 aliphatic rings. The molecule has 160 valence electrons. The molecule has 0 N–H and O–H groups in total. The lowest BCUT2D eigenvalue weighted by atomic mass is 9.91. The smallest absolute Gasteiger partial charge is 0.410 e. The number of fused-ring (bicyclic) bond motifs is 5. The molecule has 1 aliphatic carbocycles. The zero-order chi connectivity index (χ0) is 21.2. The zero-order valence-corrected chi connectivity index (χ0v) is 17.8. The third-order valence-corrected chi connectivity index (χ3v) is 6.73. The molecule has 2 aliphatic heterocycles. The normalized spacial score (nSPS) is 21.8. The first-order chi connectivity index (χ1) is 15.3. The van der Waals surface area contributed by atoms with E-state index >= 15 is 0 Å². The van der Waals surface area contributed by atoms with Gasteiger partial charge in [-0.1, -0.05) is 66.3 Å². The highest BCUT2D eigenvalue weighted by atomic mass is 16.6. The van der Waals surface area contributed by atoms with E-state index < -0.39 is 0 Å². The van der Waals surface area contributed by atoms with Gasteiger partial charge in [0.1, 0.15) is 6.61 Å². The Morgan fingerprint density at radius 3 is 2.48 bits per heavy atom. The molecule has 2 unspecified atom stereocenters. The molecule has 0 aromatic heterocycles. The largest absolute Gasteiger partial charge is 0.448 e. The molecule has 2 aromatic carbocycles. The summed E-state index contributed by atoms with van der Waals surface area (Å²) in [5, 5.41) is 0. The van der Waals surface area contributed by atoms with Gasteiger partial charge in [-0.3, -0.25) is 4.90 Å². The summed E-state index contributed by atoms with van der Waals surface area (Å²) in [5.74, 6) is 0.0854. The van der Waals surface area contributed by atoms with Gasteiger partial charge in [0.15, 0.2) is 0 Å². The summed E-state index contributed by atoms with van der Waals surface area (Å²) in [6, 6.07) is 16.9. The molecule has 31 heavy (non-hydrogen) atoms. The maximum Gasteiger partial charge on any atom is 0.410 e. The maximum atomic E-state index is 13.2. The van der Waals surface area contributed by atoms with E-state index in [9.17, 15) is 4.79 Å². The van der Waals surface area contributed by atoms with E-state index in [4.69, 9.17) is 9.47 Å². The quantitative estimate of drug-likeness (QED) is 0.449. The Bertz CT molecular complexity index is 966. The first kappa shape index (κ1) is 20.1. The van der Waals surface area contributed by atoms with Crippen LogP contribution in [0, 0.1) is 0 Å². The van der Waals surface area contributed by atoms with Crippen molar-refractivity contribution in [1.29, 1.82) is 0 Å². The minimum absolute atomic E-state index is 0.0260. The second kappa shape index (κ2) is 8.72. The van der Waals surface area contributed by atoms with Gasteiger partial charge in [-0.05, 0) is 47.9 Å². The molecule has 2 heterocycles. The number of amides is 1. The van der Waals surface area contributed by atoms with Crippen molar-refractivity contribution in [3.8, 4) is 11.1 Å². The van der Waals surface area contributed by atoms with Crippen molar-refractivity contribution in [2.45, 2.75) is 43.7 Å². The van der Waals surface area contributed by atoms with Crippen LogP contribution < -0.4 is 0 Å². The van der Waals surface area contributed by atoms with Crippen molar-refractivity contribution in [3.05, 3.63) is 84.0 Å². The fraction of sp³-hybridized carbons (Fsp3) is 0.370. The summed E-state index contributed by atoms with van der Waals surface area (Å²) in [7, 11) is 0. The van der Waals surface area contributed by atoms with Crippen LogP contribution in [0.2, 0.25) is 0 Å². The Hall–Kier alpha value is -2.85. The minimum atomic E-state index is -0.221. The van der Waals surface area contributed by atoms with Crippen LogP contribution >= 0.6 is 0 Å². The third-order valence-electron chi connectivity index (χ3n) is 6.73. The summed E-state index contributed by atoms with van der Waals surface area (Å²) in [4.78, 5) is 15.1. The van der Waals surface area contributed by atoms with Crippen LogP contribution in [-0.2, 0) is 9.47 Å². The molecule has 1 amide bonds. The maximum absolute atomic E-state index is 13.2. The van der Waals surface area contributed by atoms with Gasteiger partial charge in [0.25, 0.3) is 0 Å². The first-order valence-corrected chi connectivity index (χ1v) is 11.3. The highest BCUT2D eigenvalue weighted by molar-refractivity contribution is 5.79. The van der Waals surface area contributed by atoms with Gasteiger partial charge >= 0.3 is 6.09 Å². The molecule has 0 saturated carbocycles. The number of benzene rings is 2. The van der Waals surface area contributed by atoms with Gasteiger partial charge in [0, 0.05) is 5.92 Å². The average molecular weight is 416 g/mol. The fourth-order valence-electron chi connectivity index (χ4n) is 5.30. The van der Waals surface area contributed by atoms with Gasteiger partial charge in [-0.25, -0.2) is 4.79 Å². The summed E-state index contributed by atoms with van der Waals surface area (Å²) in [6.45, 7) is 5.30. The van der Waals surface area contributed by atoms with Crippen LogP contribution in [-0.4, -0.2) is 42.9 Å². The van der Waals surface area contributed by atoms with E-state index in [1.165, 1.54) is 27.8 Å². The molecular weight excluding hydrogens is 386 g/mol. The second-order valence-corrected chi connectivity index (χ2v) is 8.68. The van der Waals surface area contributed by atoms with Gasteiger partial charge in [0.2, 0.25) is 0 Å². The van der Waals surface area contributed by atoms with Crippen LogP contribution in [0.25, 0.3) is 11.1 Å². The summed E-state index contributed by atoms with van der Waals surface area (Å²) in [5.41, 5.74) is 6.40. The number of hydrogen-bond donors (Lipinski definition) is 0. The predicted octanol–water partition coefficient (Wildman–Crippen LogP) is 5.69. The summed E-state index contributed by atoms with van der Waals surface area (Å²) in [6.07, 6.45) is 8.05. The lowest BCUT2D eigenvalue weighted by molar-refractivity contribution is -0.0365. The predicted molar refractivity (Wildman–Crippen MR) is 122 cm³/mol. The molecule has 0 radical (unpaired) electrons. The third kappa shape index (κ3) is 3.81. The number of rotatable bonds is 6. The van der Waals surface area contributed by atoms with Crippen LogP contribution in [0.15, 0.2) is 72.8 Å². The molecular formula is C27H29NO3. The number of hydrogen-bond acceptors (Lipinski definition) is 3. The van der Waals surface area contributed by atoms with Crippen LogP contribution in [0.3, 0.4) is 0 Å². The molecule has 0 spiro atoms. The molecule has 4 nitrogen and oxygen atoms in total. The number of nitrogens with zero attached hydrogens (tertiary/aromatic N) is 1. The van der Waals surface area contributed by atoms with Gasteiger partial charge in [0.05, 0.1) is 25.3 Å². The summed E-state index contributed by atoms with van der Waals surface area (Å²) >= 11 is 0. The number of morpholine rings is 1. The fourth-order valence-corrected chi connectivity index (χ4v) is 5.30. The molecule has 2 bridgehead atoms. The van der Waals surface area contributed by atoms with E-state index in [1.807, 2.05) is 11.0 Å². The van der Waals surface area contributed by atoms with Crippen molar-refractivity contribution in [2.75, 3.05) is 19.8 Å². The Morgan fingerprint density at radius 2 is 1.81 bits per heavy atom. The standard InChI is InChI=1S/C27H29NO3/c1-2-3-4-9-19-14-20-16-30-17-21(15-19)28(20)27(29)31-18-26-24-12-7-5-10-22(24)23-11-6-8-13-25(23)26/h2,5-8,10-14,20-21,26H,1,3-4,9,15-18H2. The van der Waals surface area contributed by atoms with E-state index in [0.717, 1.165) is 25.7 Å². The van der Waals surface area contributed by atoms with Crippen molar-refractivity contribution in [2.24, 2.45) is 0 Å². The second-order valence-electron chi connectivity index (χ2n) is 8.68. The van der Waals surface area contributed by atoms with Crippen LogP contribution in [0.1, 0.15) is 42.7 Å². The van der Waals surface area contributed by atoms with Gasteiger partial charge in [-0.2, -0.15) is 0 Å². The van der Waals surface area contributed by atoms with E-state index in [0.29, 0.717) is 19.8 Å². The van der Waals surface area contributed by atoms with Crippen molar-refractivity contribution in [1.82, 2.24) is 4.90 Å². The number of carbonyl (C=O) groups is 1. The topological polar surface area (TPSA) is 38.8 Å². The van der Waals surface area contributed by atoms with E-state index in [-0.39, 0.29) is 24.1 Å². The Morgan fingerprint density at radius 1 is 1.10 bits per heavy atom. The van der Waals surface area contributed by atoms with Crippen molar-refractivity contribution >= 4 is 6.09 Å². The Balaban J connectivity index is 1.30. The minimum Gasteiger partial charge on any atom is -0.448 e. The van der Waals surface area contributed by atoms with Crippen LogP contribution in [0.4, 0.5) is 4.79 Å². The SMILES string of the molecule is C=CCCCC1=CC2COCC(C1)N2C(=O)OCC1c2ccccc2-c2ccccc21. The highest BCUT2D eigenvalue weighted by Gasteiger charge is 2.39. The van der Waals surface area contributed by atoms with Crippen LogP contribution in [0.5, 0.6) is 0 Å². The highest BCUT2D eigenvalue weighted by Crippen LogP contribution is 2.44. The van der Waals surface area contributed by atoms with Crippen molar-refractivity contribution < 1.29 is 14.3 Å². The molecule has 5 rings (SSSR count). The van der Waals surface area contributed by atoms with Gasteiger partial charge in [-0.15, -0.1) is 6.58 Å². The number of unbranched alkanes of at least 4 members (excludes halogenated alkanes) is 1. The average Bonchev–Trinajstić information content (AvgIpc) is 3.11. The monoisotopic (exact) mass is 415 g/mol. The molecule has 1 fully saturated rings. The summed E-state index contributed by atoms with van der Waals surface area (Å²) < 4.78 is 11.7. The Kier molecular flexibility index (Phi) is 5.65. The zero-order valence-electron chi connectivity index (χ0n) is 17.8. The number of allylic oxidation sites excluding steroid dienone is 1. The Labute approximate surface area is 184 Å². The molecule has 1 saturated heterocycles. The molecule has 2 aromatic rings. The van der Waals surface area contributed by atoms with E-state index in [1.54, 1.807) is 0 Å². The lowest BCUT2D eigenvalue weighted by Crippen LogP contribution is -2.56. The number of carbonyl (C=O) groups excluding carboxylic acids is 1. The number of ether oxygens (including phenoxy) is 2. The lowest BCUT2D eigenvalue weighted by Gasteiger charge is -2.44. The van der Waals surface area contributed by atoms with Crippen molar-refractivity contribution in [3.63, 3.8) is 0 Å². The first-order valence-electron chi connectivity index (χ1n) is 11.3. The molecule has 2 atom stereocenters. The van der Waals surface area contributed by atoms with E-state index in [2.05, 4.69) is 61.2 Å². The molecule has 4 heteroatoms. The van der Waals surface area contributed by atoms with Gasteiger partial charge < -0.3 is 9.47 Å².